The first kappa shape index (κ1) is 27.8. The van der Waals surface area contributed by atoms with Gasteiger partial charge in [-0.25, -0.2) is 4.68 Å². The molecule has 1 aromatic heterocycles. The summed E-state index contributed by atoms with van der Waals surface area (Å²) in [5.74, 6) is -3.02. The molecule has 12 heteroatoms. The van der Waals surface area contributed by atoms with Crippen LogP contribution in [0.5, 0.6) is 17.2 Å². The second kappa shape index (κ2) is 10.0. The molecule has 11 nitrogen and oxygen atoms in total. The molecule has 210 valence electrons. The highest BCUT2D eigenvalue weighted by molar-refractivity contribution is 6.31. The number of nitrogens with zero attached hydrogens (tertiary/aromatic N) is 3. The third-order valence-corrected chi connectivity index (χ3v) is 7.60. The summed E-state index contributed by atoms with van der Waals surface area (Å²) in [4.78, 5) is 51.8. The van der Waals surface area contributed by atoms with E-state index in [4.69, 9.17) is 16.3 Å². The number of ketones is 4. The molecule has 3 aromatic rings. The van der Waals surface area contributed by atoms with Crippen molar-refractivity contribution in [3.8, 4) is 17.2 Å². The van der Waals surface area contributed by atoms with Crippen LogP contribution >= 0.6 is 11.6 Å². The quantitative estimate of drug-likeness (QED) is 0.216. The van der Waals surface area contributed by atoms with Crippen molar-refractivity contribution in [2.45, 2.75) is 46.2 Å². The molecule has 0 saturated heterocycles. The molecule has 0 fully saturated rings. The Balaban J connectivity index is 1.40. The van der Waals surface area contributed by atoms with Gasteiger partial charge in [-0.15, -0.1) is 5.10 Å². The second-order valence-corrected chi connectivity index (χ2v) is 10.5. The highest BCUT2D eigenvalue weighted by atomic mass is 35.5. The number of hydrogen-bond donors (Lipinski definition) is 3. The maximum absolute atomic E-state index is 13.9. The van der Waals surface area contributed by atoms with Crippen LogP contribution in [0.4, 0.5) is 0 Å². The lowest BCUT2D eigenvalue weighted by atomic mass is 9.70. The van der Waals surface area contributed by atoms with Crippen molar-refractivity contribution in [1.82, 2.24) is 20.3 Å². The summed E-state index contributed by atoms with van der Waals surface area (Å²) < 4.78 is 7.15. The van der Waals surface area contributed by atoms with Gasteiger partial charge in [0.1, 0.15) is 46.2 Å². The number of carbonyl (C=O) groups is 4. The standard InChI is InChI=1S/C29H25ClN4O7/c1-13-25(38)23(15(3)35)27-24(26(13)39)29(4)21(41-27)9-19(36)22(28(29)40)14(2)31-10-18-11-34(33-32-18)12-20(37)16-5-7-17(30)8-6-16/h5-9,11,31,38-39H,10,12H2,1-4H3/b22-14+. The number of fused-ring (bicyclic) bond motifs is 3. The van der Waals surface area contributed by atoms with Crippen LogP contribution < -0.4 is 10.1 Å². The highest BCUT2D eigenvalue weighted by Gasteiger charge is 2.56. The number of hydrogen-bond acceptors (Lipinski definition) is 10. The Kier molecular flexibility index (Phi) is 6.78. The van der Waals surface area contributed by atoms with Crippen LogP contribution in [0, 0.1) is 6.92 Å². The Hall–Kier alpha value is -4.77. The molecule has 2 heterocycles. The number of halogens is 1. The minimum atomic E-state index is -1.61. The van der Waals surface area contributed by atoms with Crippen molar-refractivity contribution in [2.75, 3.05) is 0 Å². The van der Waals surface area contributed by atoms with E-state index >= 15 is 0 Å². The van der Waals surface area contributed by atoms with E-state index in [9.17, 15) is 29.4 Å². The number of benzene rings is 2. The number of Topliss-reactive ketones (excluding diaryl/α,β-unsaturated/α-hetero) is 3. The van der Waals surface area contributed by atoms with Crippen molar-refractivity contribution >= 4 is 34.7 Å². The topological polar surface area (TPSA) is 161 Å². The molecular formula is C29H25ClN4O7. The van der Waals surface area contributed by atoms with Gasteiger partial charge >= 0.3 is 0 Å². The van der Waals surface area contributed by atoms with Gasteiger partial charge in [0, 0.05) is 27.9 Å². The largest absolute Gasteiger partial charge is 0.507 e. The van der Waals surface area contributed by atoms with Gasteiger partial charge in [0.05, 0.1) is 23.9 Å². The Labute approximate surface area is 239 Å². The maximum atomic E-state index is 13.9. The number of rotatable bonds is 7. The average molecular weight is 577 g/mol. The van der Waals surface area contributed by atoms with Crippen molar-refractivity contribution in [3.63, 3.8) is 0 Å². The summed E-state index contributed by atoms with van der Waals surface area (Å²) in [6.45, 7) is 5.75. The monoisotopic (exact) mass is 576 g/mol. The average Bonchev–Trinajstić information content (AvgIpc) is 3.48. The SMILES string of the molecule is CC(=O)c1c(O)c(C)c(O)c2c1OC1=CC(=O)/C(=C(/C)NCc3cn(CC(=O)c4ccc(Cl)cc4)nn3)C(=O)C12C. The number of phenolic OH excluding ortho intramolecular Hbond substituents is 2. The molecule has 3 N–H and O–H groups in total. The van der Waals surface area contributed by atoms with Gasteiger partial charge in [-0.3, -0.25) is 19.2 Å². The molecule has 1 aliphatic heterocycles. The Morgan fingerprint density at radius 3 is 2.46 bits per heavy atom. The Morgan fingerprint density at radius 2 is 1.80 bits per heavy atom. The van der Waals surface area contributed by atoms with E-state index < -0.39 is 34.3 Å². The zero-order valence-corrected chi connectivity index (χ0v) is 23.3. The van der Waals surface area contributed by atoms with Gasteiger partial charge in [-0.2, -0.15) is 0 Å². The lowest BCUT2D eigenvalue weighted by Crippen LogP contribution is -2.41. The van der Waals surface area contributed by atoms with Crippen LogP contribution in [0.15, 0.2) is 53.6 Å². The summed E-state index contributed by atoms with van der Waals surface area (Å²) in [7, 11) is 0. The molecule has 5 rings (SSSR count). The lowest BCUT2D eigenvalue weighted by molar-refractivity contribution is -0.123. The number of carbonyl (C=O) groups excluding carboxylic acids is 4. The van der Waals surface area contributed by atoms with Crippen LogP contribution in [0.3, 0.4) is 0 Å². The molecule has 2 aliphatic rings. The predicted octanol–water partition coefficient (Wildman–Crippen LogP) is 3.49. The van der Waals surface area contributed by atoms with Crippen LogP contribution in [0.1, 0.15) is 58.3 Å². The zero-order chi connectivity index (χ0) is 29.8. The smallest absolute Gasteiger partial charge is 0.194 e. The highest BCUT2D eigenvalue weighted by Crippen LogP contribution is 2.57. The summed E-state index contributed by atoms with van der Waals surface area (Å²) in [5.41, 5.74) is -0.736. The van der Waals surface area contributed by atoms with E-state index in [1.807, 2.05) is 0 Å². The normalized spacial score (nSPS) is 18.8. The van der Waals surface area contributed by atoms with Gasteiger partial charge in [0.25, 0.3) is 0 Å². The molecule has 0 radical (unpaired) electrons. The first-order chi connectivity index (χ1) is 19.3. The third-order valence-electron chi connectivity index (χ3n) is 7.35. The lowest BCUT2D eigenvalue weighted by Gasteiger charge is -2.29. The number of aromatic nitrogens is 3. The van der Waals surface area contributed by atoms with Gasteiger partial charge in [-0.05, 0) is 52.0 Å². The number of ether oxygens (including phenoxy) is 1. The Bertz CT molecular complexity index is 1740. The maximum Gasteiger partial charge on any atom is 0.194 e. The molecule has 1 aliphatic carbocycles. The van der Waals surface area contributed by atoms with Crippen molar-refractivity contribution in [1.29, 1.82) is 0 Å². The third kappa shape index (κ3) is 4.48. The minimum absolute atomic E-state index is 0.0142. The molecular weight excluding hydrogens is 552 g/mol. The molecule has 0 saturated carbocycles. The summed E-state index contributed by atoms with van der Waals surface area (Å²) >= 11 is 5.87. The number of nitrogens with one attached hydrogen (secondary N) is 1. The van der Waals surface area contributed by atoms with E-state index in [2.05, 4.69) is 15.6 Å². The number of phenols is 2. The van der Waals surface area contributed by atoms with E-state index in [1.54, 1.807) is 37.4 Å². The van der Waals surface area contributed by atoms with Crippen LogP contribution in [-0.4, -0.2) is 48.3 Å². The van der Waals surface area contributed by atoms with Gasteiger partial charge in [-0.1, -0.05) is 16.8 Å². The molecule has 41 heavy (non-hydrogen) atoms. The Morgan fingerprint density at radius 1 is 1.12 bits per heavy atom. The molecule has 1 unspecified atom stereocenters. The minimum Gasteiger partial charge on any atom is -0.507 e. The van der Waals surface area contributed by atoms with E-state index in [1.165, 1.54) is 25.5 Å². The number of aromatic hydroxyl groups is 2. The molecule has 1 atom stereocenters. The van der Waals surface area contributed by atoms with Gasteiger partial charge in [0.2, 0.25) is 0 Å². The fourth-order valence-corrected chi connectivity index (χ4v) is 5.17. The van der Waals surface area contributed by atoms with E-state index in [0.717, 1.165) is 6.08 Å². The first-order valence-corrected chi connectivity index (χ1v) is 12.9. The van der Waals surface area contributed by atoms with E-state index in [0.29, 0.717) is 16.3 Å². The van der Waals surface area contributed by atoms with Gasteiger partial charge in [0.15, 0.2) is 23.1 Å². The summed E-state index contributed by atoms with van der Waals surface area (Å²) in [6.07, 6.45) is 2.72. The molecule has 0 spiro atoms. The van der Waals surface area contributed by atoms with Crippen LogP contribution in [0.2, 0.25) is 5.02 Å². The van der Waals surface area contributed by atoms with Crippen LogP contribution in [0.25, 0.3) is 0 Å². The van der Waals surface area contributed by atoms with Crippen molar-refractivity contribution < 1.29 is 34.1 Å². The summed E-state index contributed by atoms with van der Waals surface area (Å²) in [6, 6.07) is 6.49. The fraction of sp³-hybridized carbons (Fsp3) is 0.241. The first-order valence-electron chi connectivity index (χ1n) is 12.6. The molecule has 2 aromatic carbocycles. The van der Waals surface area contributed by atoms with E-state index in [-0.39, 0.29) is 58.3 Å². The fourth-order valence-electron chi connectivity index (χ4n) is 5.04. The zero-order valence-electron chi connectivity index (χ0n) is 22.5. The van der Waals surface area contributed by atoms with Crippen LogP contribution in [-0.2, 0) is 28.1 Å². The van der Waals surface area contributed by atoms with Crippen molar-refractivity contribution in [3.05, 3.63) is 86.5 Å². The number of allylic oxidation sites excluding steroid dienone is 4. The second-order valence-electron chi connectivity index (χ2n) is 10.1. The predicted molar refractivity (Wildman–Crippen MR) is 146 cm³/mol. The summed E-state index contributed by atoms with van der Waals surface area (Å²) in [5, 5.41) is 33.0. The molecule has 0 bridgehead atoms. The molecule has 0 amide bonds. The van der Waals surface area contributed by atoms with Gasteiger partial charge < -0.3 is 20.3 Å². The van der Waals surface area contributed by atoms with Crippen molar-refractivity contribution in [2.24, 2.45) is 0 Å².